The predicted octanol–water partition coefficient (Wildman–Crippen LogP) is 5.76. The van der Waals surface area contributed by atoms with E-state index in [9.17, 15) is 8.42 Å². The zero-order chi connectivity index (χ0) is 22.1. The Morgan fingerprint density at radius 3 is 2.16 bits per heavy atom. The molecule has 32 heavy (non-hydrogen) atoms. The Bertz CT molecular complexity index is 1320. The van der Waals surface area contributed by atoms with Crippen molar-refractivity contribution in [3.8, 4) is 0 Å². The van der Waals surface area contributed by atoms with E-state index in [4.69, 9.17) is 0 Å². The summed E-state index contributed by atoms with van der Waals surface area (Å²) in [5, 5.41) is 0.941. The molecule has 1 saturated heterocycles. The van der Waals surface area contributed by atoms with E-state index in [2.05, 4.69) is 23.1 Å². The van der Waals surface area contributed by atoms with Crippen LogP contribution in [-0.4, -0.2) is 30.4 Å². The van der Waals surface area contributed by atoms with Gasteiger partial charge in [0, 0.05) is 5.39 Å². The second kappa shape index (κ2) is 8.57. The average molecular weight is 445 g/mol. The zero-order valence-electron chi connectivity index (χ0n) is 18.3. The molecule has 4 aromatic rings. The molecule has 1 aromatic heterocycles. The van der Waals surface area contributed by atoms with Gasteiger partial charge in [-0.05, 0) is 62.7 Å². The number of rotatable bonds is 5. The van der Waals surface area contributed by atoms with E-state index in [1.54, 1.807) is 16.1 Å². The molecule has 1 atom stereocenters. The number of piperidine rings is 1. The number of benzene rings is 3. The van der Waals surface area contributed by atoms with Crippen molar-refractivity contribution in [3.05, 3.63) is 102 Å². The smallest absolute Gasteiger partial charge is 0.268 e. The molecule has 0 saturated carbocycles. The van der Waals surface area contributed by atoms with E-state index >= 15 is 0 Å². The van der Waals surface area contributed by atoms with E-state index in [0.29, 0.717) is 4.90 Å². The SMILES string of the molecule is Cc1ccc(S(=O)(=O)n2c(C(c3ccccc3)N3CCCCC3)cc3ccccc32)cc1. The molecule has 5 rings (SSSR count). The fraction of sp³-hybridized carbons (Fsp3) is 0.259. The highest BCUT2D eigenvalue weighted by atomic mass is 32.2. The van der Waals surface area contributed by atoms with Crippen molar-refractivity contribution >= 4 is 20.9 Å². The predicted molar refractivity (Wildman–Crippen MR) is 129 cm³/mol. The van der Waals surface area contributed by atoms with Crippen molar-refractivity contribution in [2.75, 3.05) is 13.1 Å². The van der Waals surface area contributed by atoms with Crippen LogP contribution in [0.2, 0.25) is 0 Å². The minimum absolute atomic E-state index is 0.121. The number of hydrogen-bond acceptors (Lipinski definition) is 3. The average Bonchev–Trinajstić information content (AvgIpc) is 3.21. The first kappa shape index (κ1) is 21.0. The Hall–Kier alpha value is -2.89. The van der Waals surface area contributed by atoms with Gasteiger partial charge in [-0.15, -0.1) is 0 Å². The summed E-state index contributed by atoms with van der Waals surface area (Å²) in [5.74, 6) is 0. The third kappa shape index (κ3) is 3.76. The molecule has 1 aliphatic rings. The lowest BCUT2D eigenvalue weighted by Crippen LogP contribution is -2.36. The molecule has 0 N–H and O–H groups in total. The summed E-state index contributed by atoms with van der Waals surface area (Å²) in [4.78, 5) is 2.75. The molecular formula is C27H28N2O2S. The van der Waals surface area contributed by atoms with Gasteiger partial charge in [-0.3, -0.25) is 4.90 Å². The largest absolute Gasteiger partial charge is 0.291 e. The fourth-order valence-corrected chi connectivity index (χ4v) is 6.35. The molecule has 1 aliphatic heterocycles. The third-order valence-electron chi connectivity index (χ3n) is 6.40. The van der Waals surface area contributed by atoms with Crippen LogP contribution in [0, 0.1) is 6.92 Å². The second-order valence-electron chi connectivity index (χ2n) is 8.62. The Morgan fingerprint density at radius 2 is 1.44 bits per heavy atom. The molecule has 0 radical (unpaired) electrons. The van der Waals surface area contributed by atoms with Gasteiger partial charge in [0.2, 0.25) is 0 Å². The number of nitrogens with zero attached hydrogens (tertiary/aromatic N) is 2. The fourth-order valence-electron chi connectivity index (χ4n) is 4.81. The molecule has 4 nitrogen and oxygen atoms in total. The lowest BCUT2D eigenvalue weighted by atomic mass is 9.99. The monoisotopic (exact) mass is 444 g/mol. The van der Waals surface area contributed by atoms with Crippen LogP contribution in [0.1, 0.15) is 42.1 Å². The summed E-state index contributed by atoms with van der Waals surface area (Å²) < 4.78 is 29.6. The maximum Gasteiger partial charge on any atom is 0.268 e. The van der Waals surface area contributed by atoms with E-state index < -0.39 is 10.0 Å². The van der Waals surface area contributed by atoms with Gasteiger partial charge in [0.05, 0.1) is 22.1 Å². The lowest BCUT2D eigenvalue weighted by Gasteiger charge is -2.35. The topological polar surface area (TPSA) is 42.3 Å². The first-order valence-corrected chi connectivity index (χ1v) is 12.7. The maximum atomic E-state index is 14.0. The molecule has 0 aliphatic carbocycles. The molecular weight excluding hydrogens is 416 g/mol. The van der Waals surface area contributed by atoms with Crippen LogP contribution >= 0.6 is 0 Å². The molecule has 5 heteroatoms. The zero-order valence-corrected chi connectivity index (χ0v) is 19.1. The Morgan fingerprint density at radius 1 is 0.781 bits per heavy atom. The number of likely N-dealkylation sites (tertiary alicyclic amines) is 1. The molecule has 0 amide bonds. The van der Waals surface area contributed by atoms with Gasteiger partial charge in [-0.2, -0.15) is 0 Å². The van der Waals surface area contributed by atoms with Crippen LogP contribution in [0.5, 0.6) is 0 Å². The standard InChI is InChI=1S/C27H28N2O2S/c1-21-14-16-24(17-15-21)32(30,31)29-25-13-7-6-12-23(25)20-26(29)27(22-10-4-2-5-11-22)28-18-8-3-9-19-28/h2,4-7,10-17,20,27H,3,8-9,18-19H2,1H3. The second-order valence-corrected chi connectivity index (χ2v) is 10.4. The van der Waals surface area contributed by atoms with Crippen molar-refractivity contribution in [3.63, 3.8) is 0 Å². The van der Waals surface area contributed by atoms with Crippen LogP contribution in [-0.2, 0) is 10.0 Å². The Balaban J connectivity index is 1.77. The van der Waals surface area contributed by atoms with Crippen molar-refractivity contribution in [2.45, 2.75) is 37.1 Å². The molecule has 1 unspecified atom stereocenters. The Labute approximate surface area is 190 Å². The summed E-state index contributed by atoms with van der Waals surface area (Å²) in [5.41, 5.74) is 3.69. The maximum absolute atomic E-state index is 14.0. The molecule has 3 aromatic carbocycles. The first-order valence-electron chi connectivity index (χ1n) is 11.3. The number of fused-ring (bicyclic) bond motifs is 1. The highest BCUT2D eigenvalue weighted by Gasteiger charge is 2.32. The number of hydrogen-bond donors (Lipinski definition) is 0. The summed E-state index contributed by atoms with van der Waals surface area (Å²) in [6, 6.07) is 27.2. The van der Waals surface area contributed by atoms with Crippen LogP contribution in [0.25, 0.3) is 10.9 Å². The summed E-state index contributed by atoms with van der Waals surface area (Å²) in [6.07, 6.45) is 3.49. The number of aryl methyl sites for hydroxylation is 1. The molecule has 164 valence electrons. The third-order valence-corrected chi connectivity index (χ3v) is 8.16. The molecule has 0 bridgehead atoms. The number of para-hydroxylation sites is 1. The van der Waals surface area contributed by atoms with Gasteiger partial charge < -0.3 is 0 Å². The van der Waals surface area contributed by atoms with Gasteiger partial charge in [-0.1, -0.05) is 72.6 Å². The lowest BCUT2D eigenvalue weighted by molar-refractivity contribution is 0.184. The molecule has 2 heterocycles. The molecule has 1 fully saturated rings. The van der Waals surface area contributed by atoms with Crippen LogP contribution in [0.4, 0.5) is 0 Å². The normalized spacial score (nSPS) is 16.3. The summed E-state index contributed by atoms with van der Waals surface area (Å²) in [6.45, 7) is 3.89. The quantitative estimate of drug-likeness (QED) is 0.393. The minimum Gasteiger partial charge on any atom is -0.291 e. The summed E-state index contributed by atoms with van der Waals surface area (Å²) in [7, 11) is -3.77. The van der Waals surface area contributed by atoms with Crippen molar-refractivity contribution in [1.29, 1.82) is 0 Å². The first-order chi connectivity index (χ1) is 15.6. The van der Waals surface area contributed by atoms with Gasteiger partial charge in [0.25, 0.3) is 10.0 Å². The van der Waals surface area contributed by atoms with Crippen molar-refractivity contribution < 1.29 is 8.42 Å². The van der Waals surface area contributed by atoms with Crippen molar-refractivity contribution in [1.82, 2.24) is 8.87 Å². The van der Waals surface area contributed by atoms with Crippen LogP contribution in [0.15, 0.2) is 89.8 Å². The van der Waals surface area contributed by atoms with E-state index in [1.165, 1.54) is 6.42 Å². The highest BCUT2D eigenvalue weighted by molar-refractivity contribution is 7.90. The molecule has 0 spiro atoms. The van der Waals surface area contributed by atoms with Gasteiger partial charge in [0.15, 0.2) is 0 Å². The highest BCUT2D eigenvalue weighted by Crippen LogP contribution is 2.36. The van der Waals surface area contributed by atoms with E-state index in [0.717, 1.165) is 53.7 Å². The van der Waals surface area contributed by atoms with Gasteiger partial charge >= 0.3 is 0 Å². The summed E-state index contributed by atoms with van der Waals surface area (Å²) >= 11 is 0. The van der Waals surface area contributed by atoms with Crippen LogP contribution < -0.4 is 0 Å². The van der Waals surface area contributed by atoms with Gasteiger partial charge in [0.1, 0.15) is 0 Å². The van der Waals surface area contributed by atoms with E-state index in [-0.39, 0.29) is 6.04 Å². The number of aromatic nitrogens is 1. The Kier molecular flexibility index (Phi) is 5.62. The van der Waals surface area contributed by atoms with E-state index in [1.807, 2.05) is 61.5 Å². The van der Waals surface area contributed by atoms with Crippen LogP contribution in [0.3, 0.4) is 0 Å². The van der Waals surface area contributed by atoms with Gasteiger partial charge in [-0.25, -0.2) is 12.4 Å². The minimum atomic E-state index is -3.77. The van der Waals surface area contributed by atoms with Crippen molar-refractivity contribution in [2.24, 2.45) is 0 Å².